The minimum Gasteiger partial charge on any atom is -0.493 e. The van der Waals surface area contributed by atoms with E-state index in [1.807, 2.05) is 12.1 Å². The second-order valence-electron chi connectivity index (χ2n) is 5.37. The molecule has 5 heteroatoms. The molecular formula is C16H21BrO4. The molecule has 0 atom stereocenters. The van der Waals surface area contributed by atoms with Gasteiger partial charge in [0.2, 0.25) is 0 Å². The fourth-order valence-electron chi connectivity index (χ4n) is 2.64. The maximum atomic E-state index is 10.6. The number of methoxy groups -OCH3 is 1. The summed E-state index contributed by atoms with van der Waals surface area (Å²) in [6.45, 7) is 0. The number of benzene rings is 1. The van der Waals surface area contributed by atoms with E-state index < -0.39 is 5.97 Å². The number of rotatable bonds is 7. The van der Waals surface area contributed by atoms with Gasteiger partial charge in [-0.1, -0.05) is 15.9 Å². The molecule has 0 heterocycles. The number of hydrogen-bond acceptors (Lipinski definition) is 3. The van der Waals surface area contributed by atoms with Crippen molar-refractivity contribution in [2.45, 2.75) is 51.0 Å². The smallest absolute Gasteiger partial charge is 0.303 e. The Hall–Kier alpha value is -1.23. The van der Waals surface area contributed by atoms with Crippen LogP contribution in [-0.2, 0) is 11.2 Å². The quantitative estimate of drug-likeness (QED) is 0.795. The molecule has 0 unspecified atom stereocenters. The van der Waals surface area contributed by atoms with Crippen molar-refractivity contribution in [2.75, 3.05) is 7.11 Å². The van der Waals surface area contributed by atoms with Gasteiger partial charge in [-0.3, -0.25) is 4.79 Å². The van der Waals surface area contributed by atoms with Crippen LogP contribution in [0.5, 0.6) is 11.5 Å². The van der Waals surface area contributed by atoms with E-state index in [2.05, 4.69) is 15.9 Å². The summed E-state index contributed by atoms with van der Waals surface area (Å²) in [5.74, 6) is 0.716. The van der Waals surface area contributed by atoms with E-state index in [9.17, 15) is 4.79 Å². The summed E-state index contributed by atoms with van der Waals surface area (Å²) in [7, 11) is 1.63. The Balaban J connectivity index is 2.08. The number of carboxylic acid groups (broad SMARTS) is 1. The molecule has 1 aliphatic carbocycles. The molecule has 116 valence electrons. The van der Waals surface area contributed by atoms with Gasteiger partial charge < -0.3 is 14.6 Å². The molecular weight excluding hydrogens is 336 g/mol. The Morgan fingerprint density at radius 2 is 2.05 bits per heavy atom. The lowest BCUT2D eigenvalue weighted by Crippen LogP contribution is -2.11. The van der Waals surface area contributed by atoms with Gasteiger partial charge in [-0.05, 0) is 56.2 Å². The highest BCUT2D eigenvalue weighted by atomic mass is 79.9. The highest BCUT2D eigenvalue weighted by Gasteiger charge is 2.19. The van der Waals surface area contributed by atoms with E-state index in [4.69, 9.17) is 14.6 Å². The molecule has 1 fully saturated rings. The van der Waals surface area contributed by atoms with E-state index in [0.29, 0.717) is 12.8 Å². The van der Waals surface area contributed by atoms with Crippen molar-refractivity contribution in [3.8, 4) is 11.5 Å². The van der Waals surface area contributed by atoms with Crippen LogP contribution in [0.2, 0.25) is 0 Å². The number of hydrogen-bond donors (Lipinski definition) is 1. The number of carboxylic acids is 1. The van der Waals surface area contributed by atoms with Crippen LogP contribution in [0.25, 0.3) is 0 Å². The minimum absolute atomic E-state index is 0.176. The third-order valence-electron chi connectivity index (χ3n) is 3.77. The molecule has 0 aliphatic heterocycles. The highest BCUT2D eigenvalue weighted by Crippen LogP contribution is 2.36. The first-order valence-corrected chi connectivity index (χ1v) is 8.14. The van der Waals surface area contributed by atoms with Gasteiger partial charge in [0.25, 0.3) is 0 Å². The van der Waals surface area contributed by atoms with Crippen molar-refractivity contribution in [1.82, 2.24) is 0 Å². The van der Waals surface area contributed by atoms with Gasteiger partial charge in [0.15, 0.2) is 11.5 Å². The largest absolute Gasteiger partial charge is 0.493 e. The van der Waals surface area contributed by atoms with Gasteiger partial charge in [0, 0.05) is 10.9 Å². The molecule has 0 saturated heterocycles. The highest BCUT2D eigenvalue weighted by molar-refractivity contribution is 9.10. The van der Waals surface area contributed by atoms with Crippen LogP contribution < -0.4 is 9.47 Å². The van der Waals surface area contributed by atoms with E-state index >= 15 is 0 Å². The monoisotopic (exact) mass is 356 g/mol. The minimum atomic E-state index is -0.765. The number of aryl methyl sites for hydroxylation is 1. The van der Waals surface area contributed by atoms with Gasteiger partial charge >= 0.3 is 5.97 Å². The Morgan fingerprint density at radius 1 is 1.33 bits per heavy atom. The van der Waals surface area contributed by atoms with Crippen LogP contribution in [0.3, 0.4) is 0 Å². The average Bonchev–Trinajstić information content (AvgIpc) is 2.93. The van der Waals surface area contributed by atoms with Crippen LogP contribution in [0, 0.1) is 0 Å². The lowest BCUT2D eigenvalue weighted by Gasteiger charge is -2.17. The van der Waals surface area contributed by atoms with Gasteiger partial charge in [0.05, 0.1) is 13.2 Å². The maximum absolute atomic E-state index is 10.6. The summed E-state index contributed by atoms with van der Waals surface area (Å²) in [6.07, 6.45) is 6.41. The first-order valence-electron chi connectivity index (χ1n) is 7.35. The Bertz CT molecular complexity index is 495. The standard InChI is InChI=1S/C16H21BrO4/c1-20-14-9-11(5-4-8-16(18)19)13(17)10-15(14)21-12-6-2-3-7-12/h9-10,12H,2-8H2,1H3,(H,18,19). The van der Waals surface area contributed by atoms with Gasteiger partial charge in [-0.25, -0.2) is 0 Å². The van der Waals surface area contributed by atoms with Crippen LogP contribution in [0.4, 0.5) is 0 Å². The molecule has 0 aromatic heterocycles. The van der Waals surface area contributed by atoms with Crippen LogP contribution >= 0.6 is 15.9 Å². The molecule has 1 saturated carbocycles. The lowest BCUT2D eigenvalue weighted by atomic mass is 10.1. The SMILES string of the molecule is COc1cc(CCCC(=O)O)c(Br)cc1OC1CCCC1. The first kappa shape index (κ1) is 16.1. The zero-order chi connectivity index (χ0) is 15.2. The molecule has 0 spiro atoms. The number of aliphatic carboxylic acids is 1. The van der Waals surface area contributed by atoms with Gasteiger partial charge in [0.1, 0.15) is 0 Å². The summed E-state index contributed by atoms with van der Waals surface area (Å²) in [5, 5.41) is 8.71. The number of halogens is 1. The second-order valence-corrected chi connectivity index (χ2v) is 6.22. The Kier molecular flexibility index (Phi) is 5.91. The van der Waals surface area contributed by atoms with Crippen molar-refractivity contribution in [1.29, 1.82) is 0 Å². The zero-order valence-electron chi connectivity index (χ0n) is 12.2. The molecule has 1 aromatic rings. The van der Waals surface area contributed by atoms with Crippen molar-refractivity contribution >= 4 is 21.9 Å². The fourth-order valence-corrected chi connectivity index (χ4v) is 3.16. The first-order chi connectivity index (χ1) is 10.1. The molecule has 1 N–H and O–H groups in total. The maximum Gasteiger partial charge on any atom is 0.303 e. The summed E-state index contributed by atoms with van der Waals surface area (Å²) in [6, 6.07) is 3.88. The van der Waals surface area contributed by atoms with Crippen molar-refractivity contribution < 1.29 is 19.4 Å². The predicted molar refractivity (Wildman–Crippen MR) is 84.2 cm³/mol. The zero-order valence-corrected chi connectivity index (χ0v) is 13.8. The summed E-state index contributed by atoms with van der Waals surface area (Å²) < 4.78 is 12.4. The molecule has 0 bridgehead atoms. The number of ether oxygens (including phenoxy) is 2. The van der Waals surface area contributed by atoms with E-state index in [1.54, 1.807) is 7.11 Å². The summed E-state index contributed by atoms with van der Waals surface area (Å²) >= 11 is 3.54. The Morgan fingerprint density at radius 3 is 2.67 bits per heavy atom. The number of carbonyl (C=O) groups is 1. The molecule has 0 radical (unpaired) electrons. The second kappa shape index (κ2) is 7.69. The van der Waals surface area contributed by atoms with Gasteiger partial charge in [-0.15, -0.1) is 0 Å². The van der Waals surface area contributed by atoms with Crippen molar-refractivity contribution in [3.63, 3.8) is 0 Å². The normalized spacial score (nSPS) is 15.1. The molecule has 1 aromatic carbocycles. The van der Waals surface area contributed by atoms with Gasteiger partial charge in [-0.2, -0.15) is 0 Å². The topological polar surface area (TPSA) is 55.8 Å². The van der Waals surface area contributed by atoms with E-state index in [1.165, 1.54) is 12.8 Å². The third kappa shape index (κ3) is 4.63. The molecule has 0 amide bonds. The summed E-state index contributed by atoms with van der Waals surface area (Å²) in [5.41, 5.74) is 1.05. The molecule has 4 nitrogen and oxygen atoms in total. The van der Waals surface area contributed by atoms with Crippen LogP contribution in [-0.4, -0.2) is 24.3 Å². The lowest BCUT2D eigenvalue weighted by molar-refractivity contribution is -0.137. The fraction of sp³-hybridized carbons (Fsp3) is 0.562. The van der Waals surface area contributed by atoms with E-state index in [-0.39, 0.29) is 12.5 Å². The van der Waals surface area contributed by atoms with Crippen LogP contribution in [0.1, 0.15) is 44.1 Å². The predicted octanol–water partition coefficient (Wildman–Crippen LogP) is 4.19. The van der Waals surface area contributed by atoms with Crippen molar-refractivity contribution in [2.24, 2.45) is 0 Å². The van der Waals surface area contributed by atoms with Crippen molar-refractivity contribution in [3.05, 3.63) is 22.2 Å². The summed E-state index contributed by atoms with van der Waals surface area (Å²) in [4.78, 5) is 10.6. The Labute approximate surface area is 133 Å². The molecule has 21 heavy (non-hydrogen) atoms. The van der Waals surface area contributed by atoms with E-state index in [0.717, 1.165) is 34.4 Å². The third-order valence-corrected chi connectivity index (χ3v) is 4.50. The average molecular weight is 357 g/mol. The molecule has 1 aliphatic rings. The molecule has 2 rings (SSSR count). The van der Waals surface area contributed by atoms with Crippen LogP contribution in [0.15, 0.2) is 16.6 Å².